The van der Waals surface area contributed by atoms with E-state index in [0.29, 0.717) is 31.1 Å². The molecule has 2 saturated heterocycles. The Labute approximate surface area is 175 Å². The quantitative estimate of drug-likeness (QED) is 0.794. The topological polar surface area (TPSA) is 104 Å². The molecule has 3 heterocycles. The Bertz CT molecular complexity index is 1030. The number of aromatic nitrogens is 2. The van der Waals surface area contributed by atoms with Gasteiger partial charge >= 0.3 is 6.03 Å². The number of rotatable bonds is 2. The molecule has 3 N–H and O–H groups in total. The van der Waals surface area contributed by atoms with Crippen LogP contribution in [0.2, 0.25) is 0 Å². The van der Waals surface area contributed by atoms with Crippen molar-refractivity contribution in [2.75, 3.05) is 36.8 Å². The minimum absolute atomic E-state index is 0.00501. The van der Waals surface area contributed by atoms with Crippen LogP contribution in [0.15, 0.2) is 24.4 Å². The van der Waals surface area contributed by atoms with Crippen molar-refractivity contribution in [3.8, 4) is 0 Å². The summed E-state index contributed by atoms with van der Waals surface area (Å²) >= 11 is 0. The van der Waals surface area contributed by atoms with E-state index >= 15 is 0 Å². The normalized spacial score (nSPS) is 23.0. The van der Waals surface area contributed by atoms with Crippen LogP contribution < -0.4 is 16.0 Å². The predicted octanol–water partition coefficient (Wildman–Crippen LogP) is 2.02. The van der Waals surface area contributed by atoms with Crippen LogP contribution in [0.25, 0.3) is 0 Å². The molecule has 2 fully saturated rings. The maximum Gasteiger partial charge on any atom is 0.322 e. The van der Waals surface area contributed by atoms with Crippen LogP contribution in [0.4, 0.5) is 16.4 Å². The third-order valence-corrected chi connectivity index (χ3v) is 6.73. The molecule has 1 aromatic carbocycles. The number of anilines is 2. The van der Waals surface area contributed by atoms with Crippen molar-refractivity contribution in [3.05, 3.63) is 46.8 Å². The standard InChI is InChI=1S/C22H26N6O2/c1-14-3-4-15(11-17(14)28-10-8-24-21(28)30)19(29)27-9-2-6-22(13-27)7-5-16-12-25-20(23)26-18(16)22/h3-4,11-12H,2,5-10,13H2,1H3,(H,24,30)(H2,23,25,26). The van der Waals surface area contributed by atoms with E-state index in [1.54, 1.807) is 4.90 Å². The number of amides is 3. The third kappa shape index (κ3) is 2.98. The van der Waals surface area contributed by atoms with Crippen molar-refractivity contribution in [1.29, 1.82) is 0 Å². The van der Waals surface area contributed by atoms with Gasteiger partial charge in [0.1, 0.15) is 0 Å². The predicted molar refractivity (Wildman–Crippen MR) is 114 cm³/mol. The molecule has 1 aliphatic carbocycles. The molecule has 156 valence electrons. The molecular weight excluding hydrogens is 380 g/mol. The average molecular weight is 406 g/mol. The number of nitrogen functional groups attached to an aromatic ring is 1. The number of carbonyl (C=O) groups excluding carboxylic acids is 2. The number of hydrogen-bond donors (Lipinski definition) is 2. The van der Waals surface area contributed by atoms with Gasteiger partial charge in [-0.2, -0.15) is 0 Å². The highest BCUT2D eigenvalue weighted by atomic mass is 16.2. The zero-order valence-electron chi connectivity index (χ0n) is 17.1. The van der Waals surface area contributed by atoms with Crippen LogP contribution in [0.5, 0.6) is 0 Å². The maximum absolute atomic E-state index is 13.4. The monoisotopic (exact) mass is 406 g/mol. The first-order valence-electron chi connectivity index (χ1n) is 10.5. The number of piperidine rings is 1. The highest BCUT2D eigenvalue weighted by molar-refractivity contribution is 5.99. The molecule has 0 bridgehead atoms. The van der Waals surface area contributed by atoms with Gasteiger partial charge in [0.05, 0.1) is 5.69 Å². The number of fused-ring (bicyclic) bond motifs is 2. The Morgan fingerprint density at radius 3 is 2.93 bits per heavy atom. The summed E-state index contributed by atoms with van der Waals surface area (Å²) in [5, 5.41) is 2.82. The molecule has 2 aliphatic heterocycles. The Morgan fingerprint density at radius 2 is 2.13 bits per heavy atom. The second kappa shape index (κ2) is 6.97. The minimum atomic E-state index is -0.136. The number of benzene rings is 1. The molecule has 1 aromatic heterocycles. The summed E-state index contributed by atoms with van der Waals surface area (Å²) in [5.41, 5.74) is 10.3. The molecule has 3 amide bonds. The molecule has 1 atom stereocenters. The lowest BCUT2D eigenvalue weighted by molar-refractivity contribution is 0.0633. The van der Waals surface area contributed by atoms with Gasteiger partial charge in [0.2, 0.25) is 5.95 Å². The van der Waals surface area contributed by atoms with Crippen LogP contribution in [0, 0.1) is 6.92 Å². The van der Waals surface area contributed by atoms with E-state index in [1.807, 2.05) is 36.2 Å². The third-order valence-electron chi connectivity index (χ3n) is 6.73. The van der Waals surface area contributed by atoms with Crippen molar-refractivity contribution in [2.45, 2.75) is 38.0 Å². The van der Waals surface area contributed by atoms with E-state index in [4.69, 9.17) is 5.73 Å². The van der Waals surface area contributed by atoms with Gasteiger partial charge in [0.25, 0.3) is 5.91 Å². The van der Waals surface area contributed by atoms with Gasteiger partial charge in [0, 0.05) is 49.0 Å². The lowest BCUT2D eigenvalue weighted by Crippen LogP contribution is -2.48. The molecule has 0 radical (unpaired) electrons. The molecule has 5 rings (SSSR count). The van der Waals surface area contributed by atoms with Crippen molar-refractivity contribution in [1.82, 2.24) is 20.2 Å². The van der Waals surface area contributed by atoms with Gasteiger partial charge in [-0.25, -0.2) is 14.8 Å². The van der Waals surface area contributed by atoms with E-state index < -0.39 is 0 Å². The van der Waals surface area contributed by atoms with Crippen LogP contribution in [0.3, 0.4) is 0 Å². The van der Waals surface area contributed by atoms with Crippen LogP contribution >= 0.6 is 0 Å². The molecule has 1 unspecified atom stereocenters. The number of aryl methyl sites for hydroxylation is 2. The SMILES string of the molecule is Cc1ccc(C(=O)N2CCCC3(CCc4cnc(N)nc43)C2)cc1N1CCNC1=O. The van der Waals surface area contributed by atoms with Gasteiger partial charge in [-0.15, -0.1) is 0 Å². The minimum Gasteiger partial charge on any atom is -0.368 e. The largest absolute Gasteiger partial charge is 0.368 e. The summed E-state index contributed by atoms with van der Waals surface area (Å²) in [7, 11) is 0. The lowest BCUT2D eigenvalue weighted by Gasteiger charge is -2.40. The Kier molecular flexibility index (Phi) is 4.38. The number of carbonyl (C=O) groups is 2. The molecule has 3 aliphatic rings. The summed E-state index contributed by atoms with van der Waals surface area (Å²) in [6.07, 6.45) is 5.67. The van der Waals surface area contributed by atoms with Gasteiger partial charge in [-0.05, 0) is 55.9 Å². The average Bonchev–Trinajstić information content (AvgIpc) is 3.32. The number of urea groups is 1. The fraction of sp³-hybridized carbons (Fsp3) is 0.455. The maximum atomic E-state index is 13.4. The molecule has 30 heavy (non-hydrogen) atoms. The van der Waals surface area contributed by atoms with Gasteiger partial charge in [-0.3, -0.25) is 9.69 Å². The van der Waals surface area contributed by atoms with E-state index in [2.05, 4.69) is 15.3 Å². The fourth-order valence-electron chi connectivity index (χ4n) is 5.17. The Balaban J connectivity index is 1.43. The van der Waals surface area contributed by atoms with Crippen molar-refractivity contribution < 1.29 is 9.59 Å². The Morgan fingerprint density at radius 1 is 1.27 bits per heavy atom. The lowest BCUT2D eigenvalue weighted by atomic mass is 9.77. The molecule has 1 spiro atoms. The summed E-state index contributed by atoms with van der Waals surface area (Å²) < 4.78 is 0. The zero-order chi connectivity index (χ0) is 20.9. The van der Waals surface area contributed by atoms with Gasteiger partial charge < -0.3 is 16.0 Å². The fourth-order valence-corrected chi connectivity index (χ4v) is 5.17. The van der Waals surface area contributed by atoms with E-state index in [1.165, 1.54) is 0 Å². The van der Waals surface area contributed by atoms with Crippen LogP contribution in [-0.4, -0.2) is 53.0 Å². The van der Waals surface area contributed by atoms with Crippen LogP contribution in [0.1, 0.15) is 46.4 Å². The summed E-state index contributed by atoms with van der Waals surface area (Å²) in [6, 6.07) is 5.53. The van der Waals surface area contributed by atoms with E-state index in [-0.39, 0.29) is 17.4 Å². The first-order valence-corrected chi connectivity index (χ1v) is 10.5. The van der Waals surface area contributed by atoms with Crippen molar-refractivity contribution in [2.24, 2.45) is 0 Å². The number of hydrogen-bond acceptors (Lipinski definition) is 5. The number of likely N-dealkylation sites (tertiary alicyclic amines) is 1. The molecule has 8 heteroatoms. The zero-order valence-corrected chi connectivity index (χ0v) is 17.1. The summed E-state index contributed by atoms with van der Waals surface area (Å²) in [4.78, 5) is 37.9. The number of nitrogens with zero attached hydrogens (tertiary/aromatic N) is 4. The van der Waals surface area contributed by atoms with Gasteiger partial charge in [-0.1, -0.05) is 6.07 Å². The molecule has 8 nitrogen and oxygen atoms in total. The van der Waals surface area contributed by atoms with E-state index in [9.17, 15) is 9.59 Å². The number of nitrogens with one attached hydrogen (secondary N) is 1. The smallest absolute Gasteiger partial charge is 0.322 e. The van der Waals surface area contributed by atoms with Crippen LogP contribution in [-0.2, 0) is 11.8 Å². The first kappa shape index (κ1) is 18.8. The summed E-state index contributed by atoms with van der Waals surface area (Å²) in [5.74, 6) is 0.302. The van der Waals surface area contributed by atoms with Crippen molar-refractivity contribution >= 4 is 23.6 Å². The molecule has 0 saturated carbocycles. The molecule has 2 aromatic rings. The van der Waals surface area contributed by atoms with Crippen molar-refractivity contribution in [3.63, 3.8) is 0 Å². The highest BCUT2D eigenvalue weighted by Gasteiger charge is 2.44. The first-order chi connectivity index (χ1) is 14.5. The second-order valence-electron chi connectivity index (χ2n) is 8.60. The number of nitrogens with two attached hydrogens (primary N) is 1. The molecular formula is C22H26N6O2. The van der Waals surface area contributed by atoms with E-state index in [0.717, 1.165) is 54.7 Å². The highest BCUT2D eigenvalue weighted by Crippen LogP contribution is 2.44. The summed E-state index contributed by atoms with van der Waals surface area (Å²) in [6.45, 7) is 4.56. The Hall–Kier alpha value is -3.16. The van der Waals surface area contributed by atoms with Gasteiger partial charge in [0.15, 0.2) is 0 Å². The second-order valence-corrected chi connectivity index (χ2v) is 8.60.